The third kappa shape index (κ3) is 3.76. The molecule has 2 aliphatic rings. The lowest BCUT2D eigenvalue weighted by atomic mass is 10.2. The summed E-state index contributed by atoms with van der Waals surface area (Å²) in [6.07, 6.45) is 2.11. The minimum Gasteiger partial charge on any atom is -0.378 e. The van der Waals surface area contributed by atoms with Crippen molar-refractivity contribution in [3.05, 3.63) is 0 Å². The van der Waals surface area contributed by atoms with Crippen molar-refractivity contribution in [1.82, 2.24) is 10.2 Å². The van der Waals surface area contributed by atoms with Gasteiger partial charge < -0.3 is 14.8 Å². The molecule has 102 valence electrons. The molecule has 1 aliphatic heterocycles. The standard InChI is InChI=1S/C12H20N2O4/c1-17-7-10(15)6-14-4-5-18-8-11(14)12(16)13-9-2-3-9/h9,11H,2-8H2,1H3,(H,13,16). The smallest absolute Gasteiger partial charge is 0.239 e. The summed E-state index contributed by atoms with van der Waals surface area (Å²) in [6, 6.07) is -0.0175. The second-order valence-corrected chi connectivity index (χ2v) is 4.82. The number of ketones is 1. The quantitative estimate of drug-likeness (QED) is 0.672. The highest BCUT2D eigenvalue weighted by Crippen LogP contribution is 2.19. The molecule has 1 amide bonds. The van der Waals surface area contributed by atoms with Crippen molar-refractivity contribution in [2.45, 2.75) is 24.9 Å². The highest BCUT2D eigenvalue weighted by atomic mass is 16.5. The molecule has 1 heterocycles. The number of methoxy groups -OCH3 is 1. The van der Waals surface area contributed by atoms with Crippen LogP contribution >= 0.6 is 0 Å². The van der Waals surface area contributed by atoms with E-state index in [-0.39, 0.29) is 30.9 Å². The molecular weight excluding hydrogens is 236 g/mol. The number of Topliss-reactive ketones (excluding diaryl/α,β-unsaturated/α-hetero) is 1. The monoisotopic (exact) mass is 256 g/mol. The summed E-state index contributed by atoms with van der Waals surface area (Å²) in [7, 11) is 1.49. The Morgan fingerprint density at radius 1 is 1.44 bits per heavy atom. The molecule has 0 spiro atoms. The fourth-order valence-corrected chi connectivity index (χ4v) is 2.03. The van der Waals surface area contributed by atoms with Gasteiger partial charge in [-0.2, -0.15) is 0 Å². The number of ether oxygens (including phenoxy) is 2. The highest BCUT2D eigenvalue weighted by molar-refractivity contribution is 5.85. The number of morpholine rings is 1. The van der Waals surface area contributed by atoms with Crippen LogP contribution in [0, 0.1) is 0 Å². The SMILES string of the molecule is COCC(=O)CN1CCOCC1C(=O)NC1CC1. The van der Waals surface area contributed by atoms with E-state index in [0.717, 1.165) is 12.8 Å². The van der Waals surface area contributed by atoms with Crippen LogP contribution < -0.4 is 5.32 Å². The number of carbonyl (C=O) groups is 2. The van der Waals surface area contributed by atoms with Crippen molar-refractivity contribution in [3.63, 3.8) is 0 Å². The first-order valence-corrected chi connectivity index (χ1v) is 6.33. The third-order valence-electron chi connectivity index (χ3n) is 3.15. The van der Waals surface area contributed by atoms with Crippen molar-refractivity contribution < 1.29 is 19.1 Å². The first kappa shape index (κ1) is 13.5. The van der Waals surface area contributed by atoms with Crippen LogP contribution in [-0.2, 0) is 19.1 Å². The van der Waals surface area contributed by atoms with Gasteiger partial charge in [-0.05, 0) is 12.8 Å². The Bertz CT molecular complexity index is 317. The van der Waals surface area contributed by atoms with Crippen LogP contribution in [0.25, 0.3) is 0 Å². The minimum absolute atomic E-state index is 0.0105. The van der Waals surface area contributed by atoms with Gasteiger partial charge in [0.15, 0.2) is 5.78 Å². The van der Waals surface area contributed by atoms with Crippen molar-refractivity contribution in [2.24, 2.45) is 0 Å². The van der Waals surface area contributed by atoms with Crippen LogP contribution in [0.5, 0.6) is 0 Å². The van der Waals surface area contributed by atoms with Crippen molar-refractivity contribution in [2.75, 3.05) is 40.0 Å². The van der Waals surface area contributed by atoms with Gasteiger partial charge in [-0.1, -0.05) is 0 Å². The number of nitrogens with one attached hydrogen (secondary N) is 1. The van der Waals surface area contributed by atoms with Crippen LogP contribution in [0.4, 0.5) is 0 Å². The van der Waals surface area contributed by atoms with Gasteiger partial charge in [0.2, 0.25) is 5.91 Å². The Morgan fingerprint density at radius 3 is 2.89 bits per heavy atom. The predicted octanol–water partition coefficient (Wildman–Crippen LogP) is -0.819. The van der Waals surface area contributed by atoms with Crippen LogP contribution in [-0.4, -0.2) is 68.7 Å². The fraction of sp³-hybridized carbons (Fsp3) is 0.833. The van der Waals surface area contributed by atoms with Gasteiger partial charge in [0.1, 0.15) is 12.6 Å². The first-order valence-electron chi connectivity index (χ1n) is 6.33. The van der Waals surface area contributed by atoms with Crippen LogP contribution in [0.15, 0.2) is 0 Å². The van der Waals surface area contributed by atoms with Gasteiger partial charge in [-0.3, -0.25) is 14.5 Å². The summed E-state index contributed by atoms with van der Waals surface area (Å²) >= 11 is 0. The van der Waals surface area contributed by atoms with E-state index in [2.05, 4.69) is 5.32 Å². The summed E-state index contributed by atoms with van der Waals surface area (Å²) < 4.78 is 10.1. The molecule has 1 saturated heterocycles. The molecule has 1 saturated carbocycles. The van der Waals surface area contributed by atoms with Crippen molar-refractivity contribution >= 4 is 11.7 Å². The maximum Gasteiger partial charge on any atom is 0.239 e. The number of hydrogen-bond acceptors (Lipinski definition) is 5. The zero-order valence-electron chi connectivity index (χ0n) is 10.7. The maximum atomic E-state index is 12.0. The number of carbonyl (C=O) groups excluding carboxylic acids is 2. The fourth-order valence-electron chi connectivity index (χ4n) is 2.03. The van der Waals surface area contributed by atoms with Gasteiger partial charge in [0.25, 0.3) is 0 Å². The summed E-state index contributed by atoms with van der Waals surface area (Å²) in [5, 5.41) is 2.96. The largest absolute Gasteiger partial charge is 0.378 e. The average Bonchev–Trinajstić information content (AvgIpc) is 3.14. The molecule has 0 aromatic rings. The highest BCUT2D eigenvalue weighted by Gasteiger charge is 2.33. The summed E-state index contributed by atoms with van der Waals surface area (Å²) in [4.78, 5) is 25.5. The molecule has 1 aliphatic carbocycles. The summed E-state index contributed by atoms with van der Waals surface area (Å²) in [6.45, 7) is 1.87. The first-order chi connectivity index (χ1) is 8.70. The Balaban J connectivity index is 1.87. The average molecular weight is 256 g/mol. The normalized spacial score (nSPS) is 24.8. The second-order valence-electron chi connectivity index (χ2n) is 4.82. The Kier molecular flexibility index (Phi) is 4.68. The van der Waals surface area contributed by atoms with Crippen LogP contribution in [0.3, 0.4) is 0 Å². The lowest BCUT2D eigenvalue weighted by Gasteiger charge is -2.33. The topological polar surface area (TPSA) is 67.9 Å². The number of hydrogen-bond donors (Lipinski definition) is 1. The number of nitrogens with zero attached hydrogens (tertiary/aromatic N) is 1. The van der Waals surface area contributed by atoms with E-state index in [1.165, 1.54) is 7.11 Å². The molecular formula is C12H20N2O4. The molecule has 6 nitrogen and oxygen atoms in total. The molecule has 0 aromatic carbocycles. The third-order valence-corrected chi connectivity index (χ3v) is 3.15. The van der Waals surface area contributed by atoms with Gasteiger partial charge in [-0.15, -0.1) is 0 Å². The van der Waals surface area contributed by atoms with Crippen molar-refractivity contribution in [3.8, 4) is 0 Å². The lowest BCUT2D eigenvalue weighted by Crippen LogP contribution is -2.55. The van der Waals surface area contributed by atoms with Gasteiger partial charge in [0, 0.05) is 19.7 Å². The number of rotatable bonds is 6. The Labute approximate surface area is 107 Å². The van der Waals surface area contributed by atoms with E-state index in [4.69, 9.17) is 9.47 Å². The van der Waals surface area contributed by atoms with Crippen LogP contribution in [0.2, 0.25) is 0 Å². The Hall–Kier alpha value is -0.980. The molecule has 1 unspecified atom stereocenters. The van der Waals surface area contributed by atoms with E-state index < -0.39 is 0 Å². The lowest BCUT2D eigenvalue weighted by molar-refractivity contribution is -0.135. The minimum atomic E-state index is -0.347. The Morgan fingerprint density at radius 2 is 2.22 bits per heavy atom. The molecule has 1 N–H and O–H groups in total. The molecule has 6 heteroatoms. The van der Waals surface area contributed by atoms with Gasteiger partial charge >= 0.3 is 0 Å². The van der Waals surface area contributed by atoms with E-state index in [1.807, 2.05) is 4.90 Å². The predicted molar refractivity (Wildman–Crippen MR) is 64.2 cm³/mol. The van der Waals surface area contributed by atoms with Crippen molar-refractivity contribution in [1.29, 1.82) is 0 Å². The number of amides is 1. The van der Waals surface area contributed by atoms with E-state index in [9.17, 15) is 9.59 Å². The zero-order chi connectivity index (χ0) is 13.0. The molecule has 0 bridgehead atoms. The zero-order valence-corrected chi connectivity index (χ0v) is 10.7. The molecule has 18 heavy (non-hydrogen) atoms. The van der Waals surface area contributed by atoms with Gasteiger partial charge in [0.05, 0.1) is 19.8 Å². The second kappa shape index (κ2) is 6.26. The van der Waals surface area contributed by atoms with Crippen LogP contribution in [0.1, 0.15) is 12.8 Å². The van der Waals surface area contributed by atoms with Gasteiger partial charge in [-0.25, -0.2) is 0 Å². The maximum absolute atomic E-state index is 12.0. The molecule has 2 rings (SSSR count). The van der Waals surface area contributed by atoms with E-state index in [1.54, 1.807) is 0 Å². The summed E-state index contributed by atoms with van der Waals surface area (Å²) in [5.41, 5.74) is 0. The molecule has 2 fully saturated rings. The van der Waals surface area contributed by atoms with E-state index in [0.29, 0.717) is 25.8 Å². The molecule has 0 aromatic heterocycles. The molecule has 1 atom stereocenters. The molecule has 0 radical (unpaired) electrons. The van der Waals surface area contributed by atoms with E-state index >= 15 is 0 Å². The summed E-state index contributed by atoms with van der Waals surface area (Å²) in [5.74, 6) is -0.0361.